The predicted molar refractivity (Wildman–Crippen MR) is 88.9 cm³/mol. The van der Waals surface area contributed by atoms with Crippen LogP contribution in [0, 0.1) is 29.6 Å². The van der Waals surface area contributed by atoms with Gasteiger partial charge in [0.2, 0.25) is 0 Å². The van der Waals surface area contributed by atoms with Gasteiger partial charge in [-0.1, -0.05) is 52.9 Å². The molecule has 20 heavy (non-hydrogen) atoms. The van der Waals surface area contributed by atoms with Gasteiger partial charge in [-0.3, -0.25) is 0 Å². The Balaban J connectivity index is 1.92. The van der Waals surface area contributed by atoms with Crippen LogP contribution in [0.25, 0.3) is 0 Å². The van der Waals surface area contributed by atoms with Crippen molar-refractivity contribution in [2.75, 3.05) is 13.1 Å². The first-order valence-electron chi connectivity index (χ1n) is 9.45. The van der Waals surface area contributed by atoms with E-state index in [1.54, 1.807) is 0 Å². The highest BCUT2D eigenvalue weighted by atomic mass is 14.9. The molecule has 1 heteroatoms. The molecule has 118 valence electrons. The van der Waals surface area contributed by atoms with Crippen LogP contribution in [0.2, 0.25) is 0 Å². The lowest BCUT2D eigenvalue weighted by Crippen LogP contribution is -2.38. The number of hydrogen-bond acceptors (Lipinski definition) is 1. The summed E-state index contributed by atoms with van der Waals surface area (Å²) in [4.78, 5) is 0. The van der Waals surface area contributed by atoms with Gasteiger partial charge in [-0.15, -0.1) is 0 Å². The van der Waals surface area contributed by atoms with E-state index in [1.165, 1.54) is 70.9 Å². The van der Waals surface area contributed by atoms with Crippen LogP contribution in [0.1, 0.15) is 78.6 Å². The van der Waals surface area contributed by atoms with Crippen molar-refractivity contribution in [1.29, 1.82) is 0 Å². The molecule has 1 N–H and O–H groups in total. The Labute approximate surface area is 127 Å². The molecule has 2 aliphatic carbocycles. The highest BCUT2D eigenvalue weighted by molar-refractivity contribution is 4.87. The molecule has 0 saturated heterocycles. The van der Waals surface area contributed by atoms with Crippen molar-refractivity contribution in [3.8, 4) is 0 Å². The van der Waals surface area contributed by atoms with Crippen LogP contribution in [0.3, 0.4) is 0 Å². The van der Waals surface area contributed by atoms with Gasteiger partial charge in [-0.25, -0.2) is 0 Å². The Morgan fingerprint density at radius 3 is 2.60 bits per heavy atom. The van der Waals surface area contributed by atoms with Crippen molar-refractivity contribution in [1.82, 2.24) is 5.32 Å². The van der Waals surface area contributed by atoms with Crippen molar-refractivity contribution >= 4 is 0 Å². The molecule has 0 spiro atoms. The second-order valence-electron chi connectivity index (χ2n) is 7.75. The van der Waals surface area contributed by atoms with E-state index >= 15 is 0 Å². The maximum Gasteiger partial charge on any atom is -0.00178 e. The molecule has 0 aromatic carbocycles. The minimum Gasteiger partial charge on any atom is -0.316 e. The van der Waals surface area contributed by atoms with Crippen molar-refractivity contribution in [3.63, 3.8) is 0 Å². The average Bonchev–Trinajstić information content (AvgIpc) is 2.49. The van der Waals surface area contributed by atoms with Crippen LogP contribution in [-0.4, -0.2) is 13.1 Å². The van der Waals surface area contributed by atoms with Gasteiger partial charge in [0.15, 0.2) is 0 Å². The first-order chi connectivity index (χ1) is 9.74. The molecule has 2 rings (SSSR count). The summed E-state index contributed by atoms with van der Waals surface area (Å²) in [5.41, 5.74) is 0. The van der Waals surface area contributed by atoms with Crippen LogP contribution in [0.5, 0.6) is 0 Å². The van der Waals surface area contributed by atoms with E-state index in [1.807, 2.05) is 0 Å². The first kappa shape index (κ1) is 16.3. The van der Waals surface area contributed by atoms with Gasteiger partial charge in [0.1, 0.15) is 0 Å². The summed E-state index contributed by atoms with van der Waals surface area (Å²) in [7, 11) is 0. The molecule has 0 heterocycles. The summed E-state index contributed by atoms with van der Waals surface area (Å²) >= 11 is 0. The Kier molecular flexibility index (Phi) is 6.87. The monoisotopic (exact) mass is 279 g/mol. The average molecular weight is 280 g/mol. The number of rotatable bonds is 6. The summed E-state index contributed by atoms with van der Waals surface area (Å²) in [5, 5.41) is 3.71. The highest BCUT2D eigenvalue weighted by Gasteiger charge is 2.36. The summed E-state index contributed by atoms with van der Waals surface area (Å²) in [5.74, 6) is 5.06. The molecule has 0 aliphatic heterocycles. The molecule has 5 atom stereocenters. The number of hydrogen-bond donors (Lipinski definition) is 1. The van der Waals surface area contributed by atoms with Crippen LogP contribution in [0.4, 0.5) is 0 Å². The maximum atomic E-state index is 3.71. The molecule has 0 bridgehead atoms. The summed E-state index contributed by atoms with van der Waals surface area (Å²) in [6.45, 7) is 9.67. The van der Waals surface area contributed by atoms with E-state index < -0.39 is 0 Å². The van der Waals surface area contributed by atoms with Crippen LogP contribution < -0.4 is 5.32 Å². The third-order valence-corrected chi connectivity index (χ3v) is 6.15. The van der Waals surface area contributed by atoms with E-state index in [-0.39, 0.29) is 0 Å². The fourth-order valence-electron chi connectivity index (χ4n) is 4.87. The highest BCUT2D eigenvalue weighted by Crippen LogP contribution is 2.45. The molecular formula is C19H37N. The third-order valence-electron chi connectivity index (χ3n) is 6.15. The smallest absolute Gasteiger partial charge is 0.00178 e. The SMILES string of the molecule is CCCNCC1CCC(C)CC1C1CCCC(CC)C1. The first-order valence-corrected chi connectivity index (χ1v) is 9.45. The van der Waals surface area contributed by atoms with Crippen LogP contribution in [0.15, 0.2) is 0 Å². The lowest BCUT2D eigenvalue weighted by molar-refractivity contribution is 0.0830. The fourth-order valence-corrected chi connectivity index (χ4v) is 4.87. The maximum absolute atomic E-state index is 3.71. The normalized spacial score (nSPS) is 38.9. The Morgan fingerprint density at radius 1 is 1.00 bits per heavy atom. The van der Waals surface area contributed by atoms with E-state index in [4.69, 9.17) is 0 Å². The summed E-state index contributed by atoms with van der Waals surface area (Å²) in [6, 6.07) is 0. The molecule has 5 unspecified atom stereocenters. The fraction of sp³-hybridized carbons (Fsp3) is 1.00. The zero-order chi connectivity index (χ0) is 14.4. The Hall–Kier alpha value is -0.0400. The van der Waals surface area contributed by atoms with Gasteiger partial charge in [0, 0.05) is 0 Å². The van der Waals surface area contributed by atoms with Crippen molar-refractivity contribution in [2.45, 2.75) is 78.6 Å². The second-order valence-corrected chi connectivity index (χ2v) is 7.75. The van der Waals surface area contributed by atoms with Crippen LogP contribution in [-0.2, 0) is 0 Å². The van der Waals surface area contributed by atoms with Gasteiger partial charge in [-0.2, -0.15) is 0 Å². The zero-order valence-electron chi connectivity index (χ0n) is 14.2. The Bertz CT molecular complexity index is 262. The number of nitrogens with one attached hydrogen (secondary N) is 1. The van der Waals surface area contributed by atoms with E-state index in [2.05, 4.69) is 26.1 Å². The molecule has 0 aromatic rings. The molecule has 0 amide bonds. The Morgan fingerprint density at radius 2 is 1.85 bits per heavy atom. The minimum absolute atomic E-state index is 0.971. The molecule has 0 radical (unpaired) electrons. The molecule has 2 saturated carbocycles. The van der Waals surface area contributed by atoms with Crippen molar-refractivity contribution < 1.29 is 0 Å². The summed E-state index contributed by atoms with van der Waals surface area (Å²) < 4.78 is 0. The lowest BCUT2D eigenvalue weighted by atomic mass is 9.64. The molecular weight excluding hydrogens is 242 g/mol. The third kappa shape index (κ3) is 4.48. The van der Waals surface area contributed by atoms with Gasteiger partial charge in [0.25, 0.3) is 0 Å². The standard InChI is InChI=1S/C19H37N/c1-4-11-20-14-18-10-9-15(3)12-19(18)17-8-6-7-16(5-2)13-17/h15-20H,4-14H2,1-3H3. The summed E-state index contributed by atoms with van der Waals surface area (Å²) in [6.07, 6.45) is 13.2. The molecule has 2 fully saturated rings. The topological polar surface area (TPSA) is 12.0 Å². The quantitative estimate of drug-likeness (QED) is 0.654. The van der Waals surface area contributed by atoms with Crippen molar-refractivity contribution in [3.05, 3.63) is 0 Å². The minimum atomic E-state index is 0.971. The van der Waals surface area contributed by atoms with Crippen molar-refractivity contribution in [2.24, 2.45) is 29.6 Å². The van der Waals surface area contributed by atoms with Gasteiger partial charge >= 0.3 is 0 Å². The van der Waals surface area contributed by atoms with E-state index in [0.717, 1.165) is 29.6 Å². The predicted octanol–water partition coefficient (Wildman–Crippen LogP) is 5.25. The van der Waals surface area contributed by atoms with E-state index in [9.17, 15) is 0 Å². The molecule has 0 aromatic heterocycles. The zero-order valence-corrected chi connectivity index (χ0v) is 14.2. The van der Waals surface area contributed by atoms with Gasteiger partial charge < -0.3 is 5.32 Å². The van der Waals surface area contributed by atoms with Crippen LogP contribution >= 0.6 is 0 Å². The molecule has 2 aliphatic rings. The molecule has 1 nitrogen and oxygen atoms in total. The largest absolute Gasteiger partial charge is 0.316 e. The second kappa shape index (κ2) is 8.41. The van der Waals surface area contributed by atoms with Gasteiger partial charge in [0.05, 0.1) is 0 Å². The lowest BCUT2D eigenvalue weighted by Gasteiger charge is -2.43. The van der Waals surface area contributed by atoms with Gasteiger partial charge in [-0.05, 0) is 68.4 Å². The van der Waals surface area contributed by atoms with E-state index in [0.29, 0.717) is 0 Å².